The Balaban J connectivity index is 3.21. The molecule has 0 radical (unpaired) electrons. The van der Waals surface area contributed by atoms with Crippen molar-refractivity contribution in [1.82, 2.24) is 0 Å². The molecule has 0 amide bonds. The molecule has 4 nitrogen and oxygen atoms in total. The topological polar surface area (TPSA) is 69.9 Å². The molecule has 0 aromatic heterocycles. The minimum Gasteiger partial charge on any atom is -0.476 e. The Hall–Kier alpha value is -1.84. The van der Waals surface area contributed by atoms with Crippen molar-refractivity contribution in [3.8, 4) is 0 Å². The van der Waals surface area contributed by atoms with Gasteiger partial charge in [-0.15, -0.1) is 0 Å². The molecule has 1 aromatic carbocycles. The number of carboxylic acids is 1. The molecule has 0 atom stereocenters. The van der Waals surface area contributed by atoms with Gasteiger partial charge in [-0.2, -0.15) is 0 Å². The van der Waals surface area contributed by atoms with Gasteiger partial charge in [0.05, 0.1) is 0 Å². The van der Waals surface area contributed by atoms with Crippen LogP contribution in [0.15, 0.2) is 29.4 Å². The van der Waals surface area contributed by atoms with E-state index in [9.17, 15) is 4.79 Å². The van der Waals surface area contributed by atoms with Crippen LogP contribution in [0.25, 0.3) is 0 Å². The molecule has 0 aliphatic heterocycles. The molecule has 0 heterocycles. The van der Waals surface area contributed by atoms with Crippen molar-refractivity contribution in [2.45, 2.75) is 6.92 Å². The Kier molecular flexibility index (Phi) is 2.64. The number of oxime groups is 1. The molecular formula is C9H9NO3. The number of nitrogens with zero attached hydrogens (tertiary/aromatic N) is 1. The van der Waals surface area contributed by atoms with E-state index in [1.807, 2.05) is 0 Å². The molecule has 0 saturated carbocycles. The number of rotatable bonds is 2. The molecule has 0 bridgehead atoms. The Morgan fingerprint density at radius 1 is 1.38 bits per heavy atom. The third-order valence-corrected chi connectivity index (χ3v) is 1.70. The average molecular weight is 179 g/mol. The van der Waals surface area contributed by atoms with E-state index in [0.717, 1.165) is 5.56 Å². The fourth-order valence-corrected chi connectivity index (χ4v) is 1.05. The van der Waals surface area contributed by atoms with Crippen LogP contribution in [0.5, 0.6) is 0 Å². The van der Waals surface area contributed by atoms with Gasteiger partial charge in [-0.05, 0) is 12.5 Å². The quantitative estimate of drug-likeness (QED) is 0.408. The zero-order chi connectivity index (χ0) is 9.84. The van der Waals surface area contributed by atoms with Gasteiger partial charge in [0.15, 0.2) is 5.71 Å². The molecule has 0 fully saturated rings. The third kappa shape index (κ3) is 1.84. The van der Waals surface area contributed by atoms with Gasteiger partial charge in [-0.3, -0.25) is 0 Å². The van der Waals surface area contributed by atoms with E-state index in [2.05, 4.69) is 5.16 Å². The maximum atomic E-state index is 10.6. The van der Waals surface area contributed by atoms with Gasteiger partial charge >= 0.3 is 5.97 Å². The van der Waals surface area contributed by atoms with Crippen LogP contribution in [0.4, 0.5) is 0 Å². The van der Waals surface area contributed by atoms with E-state index in [0.29, 0.717) is 5.56 Å². The van der Waals surface area contributed by atoms with Crippen molar-refractivity contribution in [2.24, 2.45) is 5.16 Å². The van der Waals surface area contributed by atoms with Gasteiger partial charge in [0, 0.05) is 5.56 Å². The van der Waals surface area contributed by atoms with Crippen molar-refractivity contribution in [3.05, 3.63) is 35.4 Å². The first-order valence-electron chi connectivity index (χ1n) is 3.68. The molecule has 0 aliphatic carbocycles. The number of carboxylic acid groups (broad SMARTS) is 1. The lowest BCUT2D eigenvalue weighted by Crippen LogP contribution is -2.15. The summed E-state index contributed by atoms with van der Waals surface area (Å²) in [7, 11) is 0. The van der Waals surface area contributed by atoms with Gasteiger partial charge in [0.2, 0.25) is 0 Å². The van der Waals surface area contributed by atoms with E-state index in [-0.39, 0.29) is 5.71 Å². The van der Waals surface area contributed by atoms with E-state index in [1.165, 1.54) is 0 Å². The van der Waals surface area contributed by atoms with Crippen LogP contribution in [0.3, 0.4) is 0 Å². The highest BCUT2D eigenvalue weighted by Gasteiger charge is 2.14. The SMILES string of the molecule is Cc1ccccc1C(=NO)C(=O)O. The lowest BCUT2D eigenvalue weighted by molar-refractivity contribution is -0.129. The van der Waals surface area contributed by atoms with Gasteiger partial charge in [-0.25, -0.2) is 4.79 Å². The second-order valence-electron chi connectivity index (χ2n) is 2.57. The summed E-state index contributed by atoms with van der Waals surface area (Å²) in [6.45, 7) is 1.75. The molecule has 4 heteroatoms. The summed E-state index contributed by atoms with van der Waals surface area (Å²) in [5.74, 6) is -1.24. The Labute approximate surface area is 75.1 Å². The number of carbonyl (C=O) groups is 1. The summed E-state index contributed by atoms with van der Waals surface area (Å²) in [6, 6.07) is 6.83. The van der Waals surface area contributed by atoms with E-state index >= 15 is 0 Å². The van der Waals surface area contributed by atoms with Crippen LogP contribution < -0.4 is 0 Å². The van der Waals surface area contributed by atoms with Crippen LogP contribution in [0, 0.1) is 6.92 Å². The maximum Gasteiger partial charge on any atom is 0.358 e. The second-order valence-corrected chi connectivity index (χ2v) is 2.57. The number of benzene rings is 1. The first-order valence-corrected chi connectivity index (χ1v) is 3.68. The summed E-state index contributed by atoms with van der Waals surface area (Å²) in [4.78, 5) is 10.6. The smallest absolute Gasteiger partial charge is 0.358 e. The summed E-state index contributed by atoms with van der Waals surface area (Å²) in [6.07, 6.45) is 0. The van der Waals surface area contributed by atoms with E-state index in [4.69, 9.17) is 10.3 Å². The Morgan fingerprint density at radius 2 is 2.00 bits per heavy atom. The Morgan fingerprint density at radius 3 is 2.46 bits per heavy atom. The van der Waals surface area contributed by atoms with Crippen molar-refractivity contribution in [1.29, 1.82) is 0 Å². The van der Waals surface area contributed by atoms with Crippen molar-refractivity contribution in [3.63, 3.8) is 0 Å². The second kappa shape index (κ2) is 3.71. The molecule has 0 saturated heterocycles. The van der Waals surface area contributed by atoms with Gasteiger partial charge < -0.3 is 10.3 Å². The van der Waals surface area contributed by atoms with Gasteiger partial charge in [-0.1, -0.05) is 29.4 Å². The predicted molar refractivity (Wildman–Crippen MR) is 47.1 cm³/mol. The summed E-state index contributed by atoms with van der Waals surface area (Å²) >= 11 is 0. The van der Waals surface area contributed by atoms with Crippen LogP contribution in [0.2, 0.25) is 0 Å². The summed E-state index contributed by atoms with van der Waals surface area (Å²) in [5.41, 5.74) is 0.855. The first-order chi connectivity index (χ1) is 6.16. The number of hydrogen-bond donors (Lipinski definition) is 2. The number of aliphatic carboxylic acids is 1. The van der Waals surface area contributed by atoms with Crippen LogP contribution in [0.1, 0.15) is 11.1 Å². The molecule has 2 N–H and O–H groups in total. The monoisotopic (exact) mass is 179 g/mol. The predicted octanol–water partition coefficient (Wildman–Crippen LogP) is 1.26. The molecule has 13 heavy (non-hydrogen) atoms. The zero-order valence-corrected chi connectivity index (χ0v) is 7.06. The number of hydrogen-bond acceptors (Lipinski definition) is 3. The first kappa shape index (κ1) is 9.25. The molecular weight excluding hydrogens is 170 g/mol. The van der Waals surface area contributed by atoms with Gasteiger partial charge in [0.1, 0.15) is 0 Å². The summed E-state index contributed by atoms with van der Waals surface area (Å²) < 4.78 is 0. The van der Waals surface area contributed by atoms with E-state index < -0.39 is 5.97 Å². The molecule has 68 valence electrons. The fraction of sp³-hybridized carbons (Fsp3) is 0.111. The fourth-order valence-electron chi connectivity index (χ4n) is 1.05. The Bertz CT molecular complexity index is 358. The van der Waals surface area contributed by atoms with Crippen LogP contribution >= 0.6 is 0 Å². The van der Waals surface area contributed by atoms with Gasteiger partial charge in [0.25, 0.3) is 0 Å². The highest BCUT2D eigenvalue weighted by atomic mass is 16.4. The highest BCUT2D eigenvalue weighted by molar-refractivity contribution is 6.42. The molecule has 0 unspecified atom stereocenters. The minimum atomic E-state index is -1.24. The van der Waals surface area contributed by atoms with Crippen LogP contribution in [-0.2, 0) is 4.79 Å². The molecule has 0 spiro atoms. The lowest BCUT2D eigenvalue weighted by Gasteiger charge is -2.02. The summed E-state index contributed by atoms with van der Waals surface area (Å²) in [5, 5.41) is 19.9. The lowest BCUT2D eigenvalue weighted by atomic mass is 10.0. The van der Waals surface area contributed by atoms with Crippen molar-refractivity contribution < 1.29 is 15.1 Å². The normalized spacial score (nSPS) is 11.3. The number of aryl methyl sites for hydroxylation is 1. The highest BCUT2D eigenvalue weighted by Crippen LogP contribution is 2.08. The average Bonchev–Trinajstić information content (AvgIpc) is 2.09. The standard InChI is InChI=1S/C9H9NO3/c1-6-4-2-3-5-7(6)8(10-13)9(11)12/h2-5,13H,1H3,(H,11,12). The van der Waals surface area contributed by atoms with Crippen LogP contribution in [-0.4, -0.2) is 22.0 Å². The van der Waals surface area contributed by atoms with E-state index in [1.54, 1.807) is 31.2 Å². The minimum absolute atomic E-state index is 0.335. The molecule has 0 aliphatic rings. The maximum absolute atomic E-state index is 10.6. The molecule has 1 aromatic rings. The van der Waals surface area contributed by atoms with Crippen molar-refractivity contribution >= 4 is 11.7 Å². The molecule has 1 rings (SSSR count). The zero-order valence-electron chi connectivity index (χ0n) is 7.06. The largest absolute Gasteiger partial charge is 0.476 e. The van der Waals surface area contributed by atoms with Crippen molar-refractivity contribution in [2.75, 3.05) is 0 Å². The third-order valence-electron chi connectivity index (χ3n) is 1.70.